The summed E-state index contributed by atoms with van der Waals surface area (Å²) in [6.45, 7) is 9.19. The smallest absolute Gasteiger partial charge is 0.260 e. The van der Waals surface area contributed by atoms with E-state index in [0.29, 0.717) is 17.9 Å². The van der Waals surface area contributed by atoms with Crippen LogP contribution < -0.4 is 10.3 Å². The zero-order valence-electron chi connectivity index (χ0n) is 16.4. The minimum atomic E-state index is -0.00638. The number of aryl methyl sites for hydroxylation is 3. The number of benzene rings is 1. The molecule has 0 radical (unpaired) electrons. The molecule has 3 rings (SSSR count). The minimum Gasteiger partial charge on any atom is -0.493 e. The normalized spacial score (nSPS) is 11.6. The van der Waals surface area contributed by atoms with Gasteiger partial charge in [0.2, 0.25) is 0 Å². The van der Waals surface area contributed by atoms with Crippen LogP contribution in [-0.4, -0.2) is 16.2 Å². The van der Waals surface area contributed by atoms with Crippen LogP contribution in [0.5, 0.6) is 5.75 Å². The number of aromatic nitrogens is 2. The van der Waals surface area contributed by atoms with Crippen molar-refractivity contribution in [3.8, 4) is 5.75 Å². The first kappa shape index (κ1) is 18.4. The number of hydrogen-bond acceptors (Lipinski definition) is 3. The number of rotatable bonds is 6. The van der Waals surface area contributed by atoms with Crippen molar-refractivity contribution in [2.24, 2.45) is 13.0 Å². The number of ether oxygens (including phenoxy) is 1. The van der Waals surface area contributed by atoms with Crippen LogP contribution in [-0.2, 0) is 13.5 Å². The largest absolute Gasteiger partial charge is 0.493 e. The first-order chi connectivity index (χ1) is 12.4. The number of fused-ring (bicyclic) bond motifs is 3. The van der Waals surface area contributed by atoms with E-state index >= 15 is 0 Å². The van der Waals surface area contributed by atoms with E-state index in [2.05, 4.69) is 31.8 Å². The highest BCUT2D eigenvalue weighted by Gasteiger charge is 2.14. The van der Waals surface area contributed by atoms with Crippen LogP contribution >= 0.6 is 0 Å². The summed E-state index contributed by atoms with van der Waals surface area (Å²) in [5.74, 6) is 1.58. The second kappa shape index (κ2) is 7.48. The van der Waals surface area contributed by atoms with E-state index in [0.717, 1.165) is 47.0 Å². The molecule has 2 aromatic heterocycles. The van der Waals surface area contributed by atoms with E-state index in [1.54, 1.807) is 10.8 Å². The summed E-state index contributed by atoms with van der Waals surface area (Å²) >= 11 is 0. The van der Waals surface area contributed by atoms with Crippen molar-refractivity contribution in [3.63, 3.8) is 0 Å². The zero-order valence-corrected chi connectivity index (χ0v) is 16.4. The average molecular weight is 352 g/mol. The third-order valence-corrected chi connectivity index (χ3v) is 5.05. The fourth-order valence-corrected chi connectivity index (χ4v) is 3.53. The van der Waals surface area contributed by atoms with Gasteiger partial charge < -0.3 is 9.30 Å². The highest BCUT2D eigenvalue weighted by atomic mass is 16.5. The molecule has 4 nitrogen and oxygen atoms in total. The summed E-state index contributed by atoms with van der Waals surface area (Å²) in [6.07, 6.45) is 4.87. The van der Waals surface area contributed by atoms with Gasteiger partial charge >= 0.3 is 0 Å². The number of hydrogen-bond donors (Lipinski definition) is 0. The van der Waals surface area contributed by atoms with Crippen LogP contribution in [0.4, 0.5) is 0 Å². The monoisotopic (exact) mass is 352 g/mol. The molecule has 0 N–H and O–H groups in total. The molecule has 0 atom stereocenters. The lowest BCUT2D eigenvalue weighted by molar-refractivity contribution is 0.295. The first-order valence-corrected chi connectivity index (χ1v) is 9.47. The maximum atomic E-state index is 12.8. The molecule has 26 heavy (non-hydrogen) atoms. The van der Waals surface area contributed by atoms with Gasteiger partial charge in [0.25, 0.3) is 5.56 Å². The molecular weight excluding hydrogens is 324 g/mol. The van der Waals surface area contributed by atoms with Gasteiger partial charge in [-0.15, -0.1) is 0 Å². The van der Waals surface area contributed by atoms with Gasteiger partial charge in [-0.1, -0.05) is 20.8 Å². The van der Waals surface area contributed by atoms with Crippen molar-refractivity contribution in [1.29, 1.82) is 0 Å². The molecule has 2 heterocycles. The van der Waals surface area contributed by atoms with Crippen molar-refractivity contribution >= 4 is 21.7 Å². The van der Waals surface area contributed by atoms with Gasteiger partial charge in [0, 0.05) is 24.7 Å². The van der Waals surface area contributed by atoms with Crippen molar-refractivity contribution in [1.82, 2.24) is 9.55 Å². The molecule has 0 aliphatic carbocycles. The highest BCUT2D eigenvalue weighted by Crippen LogP contribution is 2.30. The van der Waals surface area contributed by atoms with Gasteiger partial charge in [0.05, 0.1) is 23.2 Å². The Labute approximate surface area is 154 Å². The topological polar surface area (TPSA) is 44.1 Å². The molecule has 0 saturated heterocycles. The summed E-state index contributed by atoms with van der Waals surface area (Å²) in [6, 6.07) is 6.14. The molecule has 1 aromatic carbocycles. The van der Waals surface area contributed by atoms with Crippen molar-refractivity contribution in [2.45, 2.75) is 47.0 Å². The second-order valence-corrected chi connectivity index (χ2v) is 7.40. The van der Waals surface area contributed by atoms with E-state index in [1.165, 1.54) is 5.56 Å². The van der Waals surface area contributed by atoms with Crippen LogP contribution in [0.25, 0.3) is 21.7 Å². The molecule has 0 bridgehead atoms. The van der Waals surface area contributed by atoms with Crippen LogP contribution in [0.15, 0.2) is 29.2 Å². The number of pyridine rings is 2. The maximum absolute atomic E-state index is 12.8. The fraction of sp³-hybridized carbons (Fsp3) is 0.455. The molecular formula is C22H28N2O2. The second-order valence-electron chi connectivity index (χ2n) is 7.40. The molecule has 4 heteroatoms. The Morgan fingerprint density at radius 2 is 2.00 bits per heavy atom. The standard InChI is InChI=1S/C22H28N2O2/c1-6-16-12-18-17-9-10-23-15(4)21(17)22(25)24(5)19(18)13-20(16)26-11-7-8-14(2)3/h9-10,12-14H,6-8,11H2,1-5H3. The Balaban J connectivity index is 2.14. The van der Waals surface area contributed by atoms with Crippen molar-refractivity contribution in [3.05, 3.63) is 46.0 Å². The maximum Gasteiger partial charge on any atom is 0.260 e. The van der Waals surface area contributed by atoms with Gasteiger partial charge in [0.15, 0.2) is 0 Å². The molecule has 0 fully saturated rings. The number of nitrogens with zero attached hydrogens (tertiary/aromatic N) is 2. The van der Waals surface area contributed by atoms with E-state index in [4.69, 9.17) is 4.74 Å². The van der Waals surface area contributed by atoms with Crippen LogP contribution in [0.1, 0.15) is 44.9 Å². The van der Waals surface area contributed by atoms with Gasteiger partial charge in [-0.2, -0.15) is 0 Å². The van der Waals surface area contributed by atoms with Gasteiger partial charge in [-0.05, 0) is 55.2 Å². The molecule has 0 unspecified atom stereocenters. The quantitative estimate of drug-likeness (QED) is 0.474. The van der Waals surface area contributed by atoms with E-state index < -0.39 is 0 Å². The van der Waals surface area contributed by atoms with Crippen molar-refractivity contribution in [2.75, 3.05) is 6.61 Å². The third-order valence-electron chi connectivity index (χ3n) is 5.05. The predicted molar refractivity (Wildman–Crippen MR) is 108 cm³/mol. The van der Waals surface area contributed by atoms with E-state index in [9.17, 15) is 4.79 Å². The van der Waals surface area contributed by atoms with E-state index in [1.807, 2.05) is 26.1 Å². The third kappa shape index (κ3) is 3.33. The lowest BCUT2D eigenvalue weighted by Crippen LogP contribution is -2.19. The Kier molecular flexibility index (Phi) is 5.30. The Bertz CT molecular complexity index is 1000. The van der Waals surface area contributed by atoms with Crippen molar-refractivity contribution < 1.29 is 4.74 Å². The summed E-state index contributed by atoms with van der Waals surface area (Å²) in [5, 5.41) is 2.76. The van der Waals surface area contributed by atoms with Gasteiger partial charge in [-0.25, -0.2) is 0 Å². The van der Waals surface area contributed by atoms with Crippen LogP contribution in [0, 0.1) is 12.8 Å². The first-order valence-electron chi connectivity index (χ1n) is 9.47. The lowest BCUT2D eigenvalue weighted by atomic mass is 10.0. The van der Waals surface area contributed by atoms with Gasteiger partial charge in [-0.3, -0.25) is 9.78 Å². The van der Waals surface area contributed by atoms with Crippen LogP contribution in [0.2, 0.25) is 0 Å². The van der Waals surface area contributed by atoms with Gasteiger partial charge in [0.1, 0.15) is 5.75 Å². The molecule has 0 amide bonds. The predicted octanol–water partition coefficient (Wildman–Crippen LogP) is 4.77. The lowest BCUT2D eigenvalue weighted by Gasteiger charge is -2.16. The zero-order chi connectivity index (χ0) is 18.8. The molecule has 0 spiro atoms. The minimum absolute atomic E-state index is 0.00638. The Morgan fingerprint density at radius 3 is 2.69 bits per heavy atom. The molecule has 0 aliphatic rings. The summed E-state index contributed by atoms with van der Waals surface area (Å²) < 4.78 is 7.80. The highest BCUT2D eigenvalue weighted by molar-refractivity contribution is 6.06. The molecule has 0 saturated carbocycles. The molecule has 0 aliphatic heterocycles. The van der Waals surface area contributed by atoms with Crippen LogP contribution in [0.3, 0.4) is 0 Å². The summed E-state index contributed by atoms with van der Waals surface area (Å²) in [5.41, 5.74) is 2.85. The molecule has 3 aromatic rings. The average Bonchev–Trinajstić information content (AvgIpc) is 2.62. The fourth-order valence-electron chi connectivity index (χ4n) is 3.53. The summed E-state index contributed by atoms with van der Waals surface area (Å²) in [4.78, 5) is 17.1. The summed E-state index contributed by atoms with van der Waals surface area (Å²) in [7, 11) is 1.82. The Hall–Kier alpha value is -2.36. The van der Waals surface area contributed by atoms with E-state index in [-0.39, 0.29) is 5.56 Å². The molecule has 138 valence electrons. The Morgan fingerprint density at radius 1 is 1.23 bits per heavy atom. The SMILES string of the molecule is CCc1cc2c3ccnc(C)c3c(=O)n(C)c2cc1OCCCC(C)C.